The van der Waals surface area contributed by atoms with Gasteiger partial charge in [0, 0.05) is 5.92 Å². The van der Waals surface area contributed by atoms with Crippen molar-refractivity contribution >= 4 is 6.29 Å². The number of nitrogens with one attached hydrogen (secondary N) is 1. The molecule has 3 rings (SSSR count). The van der Waals surface area contributed by atoms with Crippen LogP contribution in [0.4, 0.5) is 0 Å². The summed E-state index contributed by atoms with van der Waals surface area (Å²) < 4.78 is 5.86. The summed E-state index contributed by atoms with van der Waals surface area (Å²) in [7, 11) is 0. The summed E-state index contributed by atoms with van der Waals surface area (Å²) in [6.45, 7) is 8.39. The second-order valence-electron chi connectivity index (χ2n) is 6.51. The van der Waals surface area contributed by atoms with Gasteiger partial charge in [-0.2, -0.15) is 0 Å². The minimum Gasteiger partial charge on any atom is -0.479 e. The highest BCUT2D eigenvalue weighted by molar-refractivity contribution is 5.78. The number of hydrogen-bond donors (Lipinski definition) is 1. The number of hydrogen-bond acceptors (Lipinski definition) is 3. The minimum atomic E-state index is -0.277. The molecule has 124 valence electrons. The van der Waals surface area contributed by atoms with E-state index < -0.39 is 0 Å². The van der Waals surface area contributed by atoms with Gasteiger partial charge in [0.25, 0.3) is 0 Å². The maximum absolute atomic E-state index is 11.1. The van der Waals surface area contributed by atoms with Crippen LogP contribution in [-0.2, 0) is 9.53 Å². The minimum absolute atomic E-state index is 0.185. The number of ether oxygens (including phenoxy) is 1. The van der Waals surface area contributed by atoms with Crippen LogP contribution in [0.1, 0.15) is 30.9 Å². The fraction of sp³-hybridized carbons (Fsp3) is 0.286. The summed E-state index contributed by atoms with van der Waals surface area (Å²) in [6.07, 6.45) is 0.902. The lowest BCUT2D eigenvalue weighted by Crippen LogP contribution is -2.35. The Labute approximate surface area is 143 Å². The SMILES string of the molecule is C=C(N[C@H](C=O)C(C)C)OCC1c2ccccc2-c2ccccc21. The standard InChI is InChI=1S/C21H23NO2/c1-14(2)21(12-23)22-15(3)24-13-20-18-10-6-4-8-16(18)17-9-5-7-11-19(17)20/h4-12,14,20-22H,3,13H2,1-2H3/t21-/m1/s1. The van der Waals surface area contributed by atoms with Crippen LogP contribution in [0.15, 0.2) is 61.0 Å². The molecule has 2 aromatic rings. The van der Waals surface area contributed by atoms with Gasteiger partial charge in [-0.05, 0) is 34.8 Å². The van der Waals surface area contributed by atoms with E-state index in [1.165, 1.54) is 22.3 Å². The number of aldehydes is 1. The predicted molar refractivity (Wildman–Crippen MR) is 96.6 cm³/mol. The number of rotatable bonds is 7. The third-order valence-corrected chi connectivity index (χ3v) is 4.58. The maximum atomic E-state index is 11.1. The Balaban J connectivity index is 1.74. The van der Waals surface area contributed by atoms with Crippen LogP contribution >= 0.6 is 0 Å². The van der Waals surface area contributed by atoms with E-state index >= 15 is 0 Å². The van der Waals surface area contributed by atoms with Crippen LogP contribution in [0, 0.1) is 5.92 Å². The monoisotopic (exact) mass is 321 g/mol. The zero-order valence-corrected chi connectivity index (χ0v) is 14.2. The third kappa shape index (κ3) is 3.07. The zero-order chi connectivity index (χ0) is 17.1. The van der Waals surface area contributed by atoms with E-state index in [1.54, 1.807) is 0 Å². The number of carbonyl (C=O) groups is 1. The molecule has 1 aliphatic rings. The van der Waals surface area contributed by atoms with Gasteiger partial charge in [-0.3, -0.25) is 0 Å². The second kappa shape index (κ2) is 6.91. The largest absolute Gasteiger partial charge is 0.479 e. The maximum Gasteiger partial charge on any atom is 0.179 e. The summed E-state index contributed by atoms with van der Waals surface area (Å²) in [5.74, 6) is 0.822. The highest BCUT2D eigenvalue weighted by Gasteiger charge is 2.28. The summed E-state index contributed by atoms with van der Waals surface area (Å²) in [5.41, 5.74) is 5.10. The Morgan fingerprint density at radius 3 is 2.17 bits per heavy atom. The zero-order valence-electron chi connectivity index (χ0n) is 14.2. The smallest absolute Gasteiger partial charge is 0.179 e. The van der Waals surface area contributed by atoms with Crippen LogP contribution in [-0.4, -0.2) is 18.9 Å². The third-order valence-electron chi connectivity index (χ3n) is 4.58. The lowest BCUT2D eigenvalue weighted by molar-refractivity contribution is -0.110. The van der Waals surface area contributed by atoms with Crippen molar-refractivity contribution in [3.63, 3.8) is 0 Å². The van der Waals surface area contributed by atoms with E-state index in [-0.39, 0.29) is 17.9 Å². The molecule has 24 heavy (non-hydrogen) atoms. The Kier molecular flexibility index (Phi) is 4.70. The van der Waals surface area contributed by atoms with Gasteiger partial charge in [-0.15, -0.1) is 0 Å². The molecule has 3 nitrogen and oxygen atoms in total. The van der Waals surface area contributed by atoms with Crippen LogP contribution in [0.5, 0.6) is 0 Å². The van der Waals surface area contributed by atoms with Gasteiger partial charge in [0.05, 0.1) is 6.04 Å². The summed E-state index contributed by atoms with van der Waals surface area (Å²) >= 11 is 0. The van der Waals surface area contributed by atoms with Gasteiger partial charge in [0.2, 0.25) is 0 Å². The molecule has 0 saturated heterocycles. The van der Waals surface area contributed by atoms with E-state index in [0.717, 1.165) is 6.29 Å². The van der Waals surface area contributed by atoms with Gasteiger partial charge < -0.3 is 14.8 Å². The van der Waals surface area contributed by atoms with Crippen molar-refractivity contribution in [2.45, 2.75) is 25.8 Å². The molecule has 2 aromatic carbocycles. The average molecular weight is 321 g/mol. The topological polar surface area (TPSA) is 38.3 Å². The first-order valence-electron chi connectivity index (χ1n) is 8.33. The predicted octanol–water partition coefficient (Wildman–Crippen LogP) is 4.10. The Hall–Kier alpha value is -2.55. The van der Waals surface area contributed by atoms with Crippen molar-refractivity contribution in [2.75, 3.05) is 6.61 Å². The van der Waals surface area contributed by atoms with Gasteiger partial charge in [0.1, 0.15) is 12.9 Å². The lowest BCUT2D eigenvalue weighted by atomic mass is 9.98. The van der Waals surface area contributed by atoms with Crippen molar-refractivity contribution in [3.05, 3.63) is 72.1 Å². The molecule has 0 radical (unpaired) electrons. The fourth-order valence-corrected chi connectivity index (χ4v) is 3.21. The van der Waals surface area contributed by atoms with Crippen molar-refractivity contribution in [1.29, 1.82) is 0 Å². The molecule has 0 spiro atoms. The van der Waals surface area contributed by atoms with E-state index in [0.29, 0.717) is 12.5 Å². The first-order valence-corrected chi connectivity index (χ1v) is 8.33. The molecule has 0 aliphatic heterocycles. The van der Waals surface area contributed by atoms with Crippen LogP contribution < -0.4 is 5.32 Å². The molecule has 0 fully saturated rings. The van der Waals surface area contributed by atoms with Crippen LogP contribution in [0.2, 0.25) is 0 Å². The van der Waals surface area contributed by atoms with Gasteiger partial charge >= 0.3 is 0 Å². The van der Waals surface area contributed by atoms with Gasteiger partial charge in [0.15, 0.2) is 5.88 Å². The summed E-state index contributed by atoms with van der Waals surface area (Å²) in [4.78, 5) is 11.1. The molecule has 3 heteroatoms. The molecule has 0 bridgehead atoms. The summed E-state index contributed by atoms with van der Waals surface area (Å²) in [6, 6.07) is 16.6. The van der Waals surface area contributed by atoms with Crippen molar-refractivity contribution in [2.24, 2.45) is 5.92 Å². The fourth-order valence-electron chi connectivity index (χ4n) is 3.21. The second-order valence-corrected chi connectivity index (χ2v) is 6.51. The molecule has 1 aliphatic carbocycles. The Morgan fingerprint density at radius 2 is 1.67 bits per heavy atom. The molecule has 0 aromatic heterocycles. The highest BCUT2D eigenvalue weighted by atomic mass is 16.5. The van der Waals surface area contributed by atoms with Gasteiger partial charge in [-0.25, -0.2) is 0 Å². The molecule has 1 N–H and O–H groups in total. The van der Waals surface area contributed by atoms with E-state index in [9.17, 15) is 4.79 Å². The lowest BCUT2D eigenvalue weighted by Gasteiger charge is -2.21. The number of carbonyl (C=O) groups excluding carboxylic acids is 1. The first kappa shape index (κ1) is 16.3. The molecule has 1 atom stereocenters. The molecular formula is C21H23NO2. The van der Waals surface area contributed by atoms with E-state index in [2.05, 4.69) is 60.4 Å². The first-order chi connectivity index (χ1) is 11.6. The number of fused-ring (bicyclic) bond motifs is 3. The van der Waals surface area contributed by atoms with Crippen molar-refractivity contribution in [1.82, 2.24) is 5.32 Å². The molecule has 0 unspecified atom stereocenters. The van der Waals surface area contributed by atoms with Crippen LogP contribution in [0.25, 0.3) is 11.1 Å². The molecule has 0 saturated carbocycles. The molecule has 0 amide bonds. The Bertz CT molecular complexity index is 706. The molecule has 0 heterocycles. The Morgan fingerprint density at radius 1 is 1.12 bits per heavy atom. The summed E-state index contributed by atoms with van der Waals surface area (Å²) in [5, 5.41) is 3.05. The van der Waals surface area contributed by atoms with Crippen LogP contribution in [0.3, 0.4) is 0 Å². The highest BCUT2D eigenvalue weighted by Crippen LogP contribution is 2.44. The average Bonchev–Trinajstić information content (AvgIpc) is 2.91. The normalized spacial score (nSPS) is 14.0. The van der Waals surface area contributed by atoms with E-state index in [1.807, 2.05) is 13.8 Å². The van der Waals surface area contributed by atoms with Crippen molar-refractivity contribution < 1.29 is 9.53 Å². The quantitative estimate of drug-likeness (QED) is 0.616. The number of benzene rings is 2. The van der Waals surface area contributed by atoms with Gasteiger partial charge in [-0.1, -0.05) is 62.4 Å². The van der Waals surface area contributed by atoms with E-state index in [4.69, 9.17) is 4.74 Å². The van der Waals surface area contributed by atoms with Crippen molar-refractivity contribution in [3.8, 4) is 11.1 Å². The molecular weight excluding hydrogens is 298 g/mol.